The lowest BCUT2D eigenvalue weighted by atomic mass is 10.2. The number of para-hydroxylation sites is 1. The summed E-state index contributed by atoms with van der Waals surface area (Å²) in [6, 6.07) is 13.7. The first-order valence-electron chi connectivity index (χ1n) is 7.83. The Hall–Kier alpha value is -3.88. The summed E-state index contributed by atoms with van der Waals surface area (Å²) in [5.41, 5.74) is 0.0514. The van der Waals surface area contributed by atoms with E-state index in [1.807, 2.05) is 6.07 Å². The van der Waals surface area contributed by atoms with Gasteiger partial charge in [0.1, 0.15) is 23.6 Å². The number of hydrogen-bond acceptors (Lipinski definition) is 8. The largest absolute Gasteiger partial charge is 0.497 e. The highest BCUT2D eigenvalue weighted by atomic mass is 16.6. The highest BCUT2D eigenvalue weighted by molar-refractivity contribution is 5.73. The van der Waals surface area contributed by atoms with E-state index in [2.05, 4.69) is 15.3 Å². The van der Waals surface area contributed by atoms with E-state index in [-0.39, 0.29) is 11.7 Å². The molecular formula is C18H16N4O5. The number of nitrogens with zero attached hydrogens (tertiary/aromatic N) is 3. The van der Waals surface area contributed by atoms with Crippen molar-refractivity contribution in [3.05, 3.63) is 65.0 Å². The fourth-order valence-corrected chi connectivity index (χ4v) is 2.33. The van der Waals surface area contributed by atoms with Crippen LogP contribution >= 0.6 is 0 Å². The number of hydrogen-bond donors (Lipinski definition) is 1. The summed E-state index contributed by atoms with van der Waals surface area (Å²) < 4.78 is 16.0. The lowest BCUT2D eigenvalue weighted by Gasteiger charge is -2.13. The minimum absolute atomic E-state index is 0.0347. The van der Waals surface area contributed by atoms with Crippen LogP contribution in [0.15, 0.2) is 54.9 Å². The zero-order chi connectivity index (χ0) is 19.2. The minimum atomic E-state index is -0.604. The summed E-state index contributed by atoms with van der Waals surface area (Å²) >= 11 is 0. The third-order valence-corrected chi connectivity index (χ3v) is 3.59. The molecule has 0 unspecified atom stereocenters. The normalized spacial score (nSPS) is 10.1. The highest BCUT2D eigenvalue weighted by Crippen LogP contribution is 2.38. The molecule has 1 heterocycles. The molecule has 1 N–H and O–H groups in total. The van der Waals surface area contributed by atoms with Crippen molar-refractivity contribution in [2.24, 2.45) is 0 Å². The van der Waals surface area contributed by atoms with Crippen molar-refractivity contribution < 1.29 is 19.1 Å². The third-order valence-electron chi connectivity index (χ3n) is 3.59. The first kappa shape index (κ1) is 17.9. The van der Waals surface area contributed by atoms with E-state index >= 15 is 0 Å². The Bertz CT molecular complexity index is 950. The number of anilines is 2. The SMILES string of the molecule is COc1ccc(OC)c(Nc2ncnc(Oc3ccccc3)c2[N+](=O)[O-])c1. The Kier molecular flexibility index (Phi) is 5.31. The molecule has 0 spiro atoms. The molecule has 0 aliphatic carbocycles. The second-order valence-corrected chi connectivity index (χ2v) is 5.24. The Labute approximate surface area is 154 Å². The molecule has 0 amide bonds. The van der Waals surface area contributed by atoms with Gasteiger partial charge in [-0.1, -0.05) is 18.2 Å². The van der Waals surface area contributed by atoms with Gasteiger partial charge in [0, 0.05) is 6.07 Å². The lowest BCUT2D eigenvalue weighted by Crippen LogP contribution is -2.04. The van der Waals surface area contributed by atoms with Crippen LogP contribution in [0.25, 0.3) is 0 Å². The van der Waals surface area contributed by atoms with Crippen LogP contribution < -0.4 is 19.5 Å². The van der Waals surface area contributed by atoms with Crippen molar-refractivity contribution in [3.63, 3.8) is 0 Å². The summed E-state index contributed by atoms with van der Waals surface area (Å²) in [4.78, 5) is 18.9. The van der Waals surface area contributed by atoms with Crippen LogP contribution in [-0.2, 0) is 0 Å². The first-order chi connectivity index (χ1) is 13.1. The number of methoxy groups -OCH3 is 2. The number of ether oxygens (including phenoxy) is 3. The van der Waals surface area contributed by atoms with Crippen LogP contribution in [0.3, 0.4) is 0 Å². The molecule has 0 fully saturated rings. The van der Waals surface area contributed by atoms with Gasteiger partial charge in [-0.05, 0) is 24.3 Å². The Morgan fingerprint density at radius 3 is 2.44 bits per heavy atom. The van der Waals surface area contributed by atoms with Gasteiger partial charge in [0.25, 0.3) is 0 Å². The molecule has 27 heavy (non-hydrogen) atoms. The molecule has 0 saturated carbocycles. The minimum Gasteiger partial charge on any atom is -0.497 e. The number of nitro groups is 1. The molecule has 0 aliphatic rings. The van der Waals surface area contributed by atoms with Gasteiger partial charge in [0.2, 0.25) is 5.82 Å². The number of benzene rings is 2. The second-order valence-electron chi connectivity index (χ2n) is 5.24. The fraction of sp³-hybridized carbons (Fsp3) is 0.111. The van der Waals surface area contributed by atoms with Gasteiger partial charge < -0.3 is 19.5 Å². The molecule has 1 aromatic heterocycles. The predicted molar refractivity (Wildman–Crippen MR) is 98.0 cm³/mol. The topological polar surface area (TPSA) is 109 Å². The number of rotatable bonds is 7. The smallest absolute Gasteiger partial charge is 0.373 e. The quantitative estimate of drug-likeness (QED) is 0.493. The molecule has 0 radical (unpaired) electrons. The molecule has 0 bridgehead atoms. The van der Waals surface area contributed by atoms with E-state index in [9.17, 15) is 10.1 Å². The Morgan fingerprint density at radius 1 is 1.00 bits per heavy atom. The highest BCUT2D eigenvalue weighted by Gasteiger charge is 2.26. The summed E-state index contributed by atoms with van der Waals surface area (Å²) in [5, 5.41) is 14.5. The predicted octanol–water partition coefficient (Wildman–Crippen LogP) is 3.94. The Balaban J connectivity index is 2.01. The maximum Gasteiger partial charge on any atom is 0.373 e. The Morgan fingerprint density at radius 2 is 1.78 bits per heavy atom. The van der Waals surface area contributed by atoms with Crippen LogP contribution in [-0.4, -0.2) is 29.1 Å². The van der Waals surface area contributed by atoms with Crippen molar-refractivity contribution in [1.82, 2.24) is 9.97 Å². The monoisotopic (exact) mass is 368 g/mol. The van der Waals surface area contributed by atoms with E-state index in [0.29, 0.717) is 22.9 Å². The van der Waals surface area contributed by atoms with E-state index < -0.39 is 10.6 Å². The van der Waals surface area contributed by atoms with Gasteiger partial charge in [0.05, 0.1) is 24.8 Å². The molecular weight excluding hydrogens is 352 g/mol. The molecule has 138 valence electrons. The standard InChI is InChI=1S/C18H16N4O5/c1-25-13-8-9-15(26-2)14(10-13)21-17-16(22(23)24)18(20-11-19-17)27-12-6-4-3-5-7-12/h3-11H,1-2H3,(H,19,20,21). The second kappa shape index (κ2) is 8.00. The molecule has 9 heteroatoms. The summed E-state index contributed by atoms with van der Waals surface area (Å²) in [6.07, 6.45) is 1.18. The average molecular weight is 368 g/mol. The van der Waals surface area contributed by atoms with E-state index in [1.165, 1.54) is 20.5 Å². The summed E-state index contributed by atoms with van der Waals surface area (Å²) in [6.45, 7) is 0. The van der Waals surface area contributed by atoms with Gasteiger partial charge >= 0.3 is 11.6 Å². The van der Waals surface area contributed by atoms with Crippen molar-refractivity contribution in [1.29, 1.82) is 0 Å². The zero-order valence-electron chi connectivity index (χ0n) is 14.6. The average Bonchev–Trinajstić information content (AvgIpc) is 2.68. The van der Waals surface area contributed by atoms with Gasteiger partial charge in [-0.15, -0.1) is 0 Å². The number of nitrogens with one attached hydrogen (secondary N) is 1. The van der Waals surface area contributed by atoms with Gasteiger partial charge in [-0.2, -0.15) is 4.98 Å². The van der Waals surface area contributed by atoms with E-state index in [4.69, 9.17) is 14.2 Å². The maximum atomic E-state index is 11.7. The maximum absolute atomic E-state index is 11.7. The summed E-state index contributed by atoms with van der Waals surface area (Å²) in [5.74, 6) is 1.23. The molecule has 3 aromatic rings. The lowest BCUT2D eigenvalue weighted by molar-refractivity contribution is -0.385. The molecule has 0 atom stereocenters. The molecule has 0 aliphatic heterocycles. The van der Waals surface area contributed by atoms with Crippen LogP contribution in [0.2, 0.25) is 0 Å². The molecule has 9 nitrogen and oxygen atoms in total. The first-order valence-corrected chi connectivity index (χ1v) is 7.83. The van der Waals surface area contributed by atoms with E-state index in [0.717, 1.165) is 0 Å². The van der Waals surface area contributed by atoms with Gasteiger partial charge in [-0.25, -0.2) is 4.98 Å². The van der Waals surface area contributed by atoms with Crippen molar-refractivity contribution >= 4 is 17.2 Å². The van der Waals surface area contributed by atoms with Crippen LogP contribution in [0, 0.1) is 10.1 Å². The van der Waals surface area contributed by atoms with Crippen LogP contribution in [0.4, 0.5) is 17.2 Å². The van der Waals surface area contributed by atoms with Crippen LogP contribution in [0.1, 0.15) is 0 Å². The van der Waals surface area contributed by atoms with Crippen LogP contribution in [0.5, 0.6) is 23.1 Å². The summed E-state index contributed by atoms with van der Waals surface area (Å²) in [7, 11) is 3.01. The number of aromatic nitrogens is 2. The fourth-order valence-electron chi connectivity index (χ4n) is 2.33. The van der Waals surface area contributed by atoms with E-state index in [1.54, 1.807) is 42.5 Å². The van der Waals surface area contributed by atoms with Gasteiger partial charge in [0.15, 0.2) is 0 Å². The molecule has 0 saturated heterocycles. The van der Waals surface area contributed by atoms with Crippen molar-refractivity contribution in [3.8, 4) is 23.1 Å². The molecule has 3 rings (SSSR count). The van der Waals surface area contributed by atoms with Crippen molar-refractivity contribution in [2.45, 2.75) is 0 Å². The van der Waals surface area contributed by atoms with Gasteiger partial charge in [-0.3, -0.25) is 10.1 Å². The molecule has 2 aromatic carbocycles. The third kappa shape index (κ3) is 4.03. The zero-order valence-corrected chi connectivity index (χ0v) is 14.6. The van der Waals surface area contributed by atoms with Crippen molar-refractivity contribution in [2.75, 3.05) is 19.5 Å².